The van der Waals surface area contributed by atoms with Crippen LogP contribution in [0.15, 0.2) is 30.3 Å². The first-order valence-corrected chi connectivity index (χ1v) is 10.9. The summed E-state index contributed by atoms with van der Waals surface area (Å²) in [4.78, 5) is 10.3. The van der Waals surface area contributed by atoms with Crippen molar-refractivity contribution in [3.8, 4) is 0 Å². The van der Waals surface area contributed by atoms with Crippen molar-refractivity contribution < 1.29 is 22.3 Å². The Kier molecular flexibility index (Phi) is 34.6. The Labute approximate surface area is 210 Å². The monoisotopic (exact) mass is 436 g/mol. The fourth-order valence-electron chi connectivity index (χ4n) is 2.99. The predicted molar refractivity (Wildman–Crippen MR) is 118 cm³/mol. The molecule has 2 nitrogen and oxygen atoms in total. The standard InChI is InChI=1S/C18H36O2.C6H5.Ca.ClH/c1-2-3-4-5-6-7-8-9-10-11-12-13-14-15-16-17-18(19)20;1-2-4-6-5-3-1;;/h2-17H2,1H3,(H,19,20);1-5H;;1H/q;-1;+2;/p-1. The number of carbonyl (C=O) groups is 1. The second kappa shape index (κ2) is 29.4. The zero-order valence-electron chi connectivity index (χ0n) is 18.1. The Balaban J connectivity index is -0.000000662. The second-order valence-electron chi connectivity index (χ2n) is 7.17. The van der Waals surface area contributed by atoms with Crippen LogP contribution < -0.4 is 12.4 Å². The molecule has 0 amide bonds. The van der Waals surface area contributed by atoms with E-state index in [0.717, 1.165) is 12.8 Å². The fraction of sp³-hybridized carbons (Fsp3) is 0.708. The van der Waals surface area contributed by atoms with Gasteiger partial charge in [0.2, 0.25) is 0 Å². The van der Waals surface area contributed by atoms with E-state index in [1.807, 2.05) is 30.3 Å². The Morgan fingerprint density at radius 1 is 0.679 bits per heavy atom. The van der Waals surface area contributed by atoms with Crippen LogP contribution in [-0.2, 0) is 4.79 Å². The Morgan fingerprint density at radius 2 is 1.04 bits per heavy atom. The molecule has 0 aliphatic rings. The smallest absolute Gasteiger partial charge is 1.00 e. The van der Waals surface area contributed by atoms with Gasteiger partial charge in [-0.1, -0.05) is 96.8 Å². The number of rotatable bonds is 16. The molecule has 1 rings (SSSR count). The van der Waals surface area contributed by atoms with Crippen LogP contribution in [0.4, 0.5) is 0 Å². The molecule has 28 heavy (non-hydrogen) atoms. The van der Waals surface area contributed by atoms with Crippen LogP contribution in [-0.4, -0.2) is 48.8 Å². The summed E-state index contributed by atoms with van der Waals surface area (Å²) in [6.45, 7) is 2.27. The van der Waals surface area contributed by atoms with Gasteiger partial charge in [-0.2, -0.15) is 36.4 Å². The number of aliphatic carboxylic acids is 1. The summed E-state index contributed by atoms with van der Waals surface area (Å²) >= 11 is 0. The van der Waals surface area contributed by atoms with E-state index < -0.39 is 5.97 Å². The van der Waals surface area contributed by atoms with Gasteiger partial charge in [0.25, 0.3) is 0 Å². The molecule has 0 aliphatic carbocycles. The Bertz CT molecular complexity index is 361. The largest absolute Gasteiger partial charge is 2.00 e. The topological polar surface area (TPSA) is 37.3 Å². The minimum atomic E-state index is -0.653. The van der Waals surface area contributed by atoms with Gasteiger partial charge in [0.15, 0.2) is 0 Å². The molecule has 0 bridgehead atoms. The molecule has 0 radical (unpaired) electrons. The quantitative estimate of drug-likeness (QED) is 0.236. The van der Waals surface area contributed by atoms with Gasteiger partial charge < -0.3 is 17.5 Å². The van der Waals surface area contributed by atoms with Crippen molar-refractivity contribution in [3.63, 3.8) is 0 Å². The molecule has 1 N–H and O–H groups in total. The van der Waals surface area contributed by atoms with Gasteiger partial charge in [-0.15, -0.1) is 0 Å². The summed E-state index contributed by atoms with van der Waals surface area (Å²) in [6, 6.07) is 12.5. The van der Waals surface area contributed by atoms with Crippen molar-refractivity contribution in [2.75, 3.05) is 0 Å². The van der Waals surface area contributed by atoms with E-state index in [-0.39, 0.29) is 50.1 Å². The number of unbranched alkanes of at least 4 members (excludes halogenated alkanes) is 14. The normalized spacial score (nSPS) is 9.46. The van der Waals surface area contributed by atoms with E-state index in [1.54, 1.807) is 0 Å². The van der Waals surface area contributed by atoms with Crippen LogP contribution >= 0.6 is 0 Å². The van der Waals surface area contributed by atoms with E-state index in [2.05, 4.69) is 13.0 Å². The van der Waals surface area contributed by atoms with Gasteiger partial charge in [0.1, 0.15) is 0 Å². The molecule has 0 atom stereocenters. The zero-order valence-corrected chi connectivity index (χ0v) is 21.1. The summed E-state index contributed by atoms with van der Waals surface area (Å²) in [5, 5.41) is 8.52. The van der Waals surface area contributed by atoms with Gasteiger partial charge >= 0.3 is 43.7 Å². The maximum atomic E-state index is 10.3. The molecule has 0 aromatic heterocycles. The van der Waals surface area contributed by atoms with Crippen molar-refractivity contribution in [2.45, 2.75) is 110 Å². The number of carboxylic acid groups (broad SMARTS) is 1. The molecule has 158 valence electrons. The van der Waals surface area contributed by atoms with E-state index in [0.29, 0.717) is 6.42 Å². The van der Waals surface area contributed by atoms with Crippen molar-refractivity contribution >= 4 is 43.7 Å². The summed E-state index contributed by atoms with van der Waals surface area (Å²) in [5.74, 6) is -0.653. The van der Waals surface area contributed by atoms with Gasteiger partial charge in [-0.3, -0.25) is 4.79 Å². The number of hydrogen-bond donors (Lipinski definition) is 1. The van der Waals surface area contributed by atoms with E-state index in [9.17, 15) is 4.79 Å². The molecule has 0 unspecified atom stereocenters. The number of benzene rings is 1. The SMILES string of the molecule is CCCCCCCCCCCCCCCCCC(=O)O.[Ca+2].[Cl-].[c-]1ccccc1. The fourth-order valence-corrected chi connectivity index (χ4v) is 2.99. The van der Waals surface area contributed by atoms with Crippen molar-refractivity contribution in [2.24, 2.45) is 0 Å². The molecule has 0 spiro atoms. The minimum absolute atomic E-state index is 0. The van der Waals surface area contributed by atoms with Crippen molar-refractivity contribution in [1.82, 2.24) is 0 Å². The van der Waals surface area contributed by atoms with Crippen molar-refractivity contribution in [3.05, 3.63) is 36.4 Å². The molecule has 1 aromatic rings. The van der Waals surface area contributed by atoms with Crippen LogP contribution in [0.25, 0.3) is 0 Å². The van der Waals surface area contributed by atoms with Crippen LogP contribution in [0.3, 0.4) is 0 Å². The predicted octanol–water partition coefficient (Wildman–Crippen LogP) is 4.44. The van der Waals surface area contributed by atoms with Crippen LogP contribution in [0.5, 0.6) is 0 Å². The molecule has 4 heteroatoms. The summed E-state index contributed by atoms with van der Waals surface area (Å²) in [5.41, 5.74) is 0. The number of halogens is 1. The third-order valence-electron chi connectivity index (χ3n) is 4.60. The molecule has 0 aliphatic heterocycles. The average molecular weight is 437 g/mol. The van der Waals surface area contributed by atoms with Gasteiger partial charge in [0, 0.05) is 6.42 Å². The van der Waals surface area contributed by atoms with Crippen LogP contribution in [0.1, 0.15) is 110 Å². The second-order valence-corrected chi connectivity index (χ2v) is 7.17. The molecule has 1 aromatic carbocycles. The first kappa shape index (κ1) is 32.9. The third-order valence-corrected chi connectivity index (χ3v) is 4.60. The summed E-state index contributed by atoms with van der Waals surface area (Å²) < 4.78 is 0. The third kappa shape index (κ3) is 31.0. The molecular formula is C24H41CaClO2. The summed E-state index contributed by atoms with van der Waals surface area (Å²) in [7, 11) is 0. The zero-order chi connectivity index (χ0) is 19.1. The Morgan fingerprint density at radius 3 is 1.29 bits per heavy atom. The van der Waals surface area contributed by atoms with E-state index in [4.69, 9.17) is 5.11 Å². The van der Waals surface area contributed by atoms with Gasteiger partial charge in [-0.25, -0.2) is 0 Å². The summed E-state index contributed by atoms with van der Waals surface area (Å²) in [6.07, 6.45) is 20.2. The molecule has 0 saturated heterocycles. The minimum Gasteiger partial charge on any atom is -1.00 e. The first-order valence-electron chi connectivity index (χ1n) is 10.9. The number of hydrogen-bond acceptors (Lipinski definition) is 1. The van der Waals surface area contributed by atoms with Crippen molar-refractivity contribution in [1.29, 1.82) is 0 Å². The maximum Gasteiger partial charge on any atom is 2.00 e. The van der Waals surface area contributed by atoms with Crippen LogP contribution in [0, 0.1) is 6.07 Å². The first-order chi connectivity index (χ1) is 12.8. The van der Waals surface area contributed by atoms with E-state index >= 15 is 0 Å². The average Bonchev–Trinajstić information content (AvgIpc) is 2.66. The molecule has 0 saturated carbocycles. The van der Waals surface area contributed by atoms with Gasteiger partial charge in [0.05, 0.1) is 0 Å². The molecule has 0 fully saturated rings. The number of carboxylic acids is 1. The molecule has 0 heterocycles. The molecular weight excluding hydrogens is 396 g/mol. The Hall–Kier alpha value is 0.240. The van der Waals surface area contributed by atoms with E-state index in [1.165, 1.54) is 83.5 Å². The maximum absolute atomic E-state index is 10.3. The van der Waals surface area contributed by atoms with Gasteiger partial charge in [-0.05, 0) is 6.42 Å². The van der Waals surface area contributed by atoms with Crippen LogP contribution in [0.2, 0.25) is 0 Å².